The number of hydrogen-bond donors (Lipinski definition) is 3. The highest BCUT2D eigenvalue weighted by Crippen LogP contribution is 2.32. The molecule has 6 heteroatoms. The summed E-state index contributed by atoms with van der Waals surface area (Å²) in [5.74, 6) is 0.485. The van der Waals surface area contributed by atoms with Gasteiger partial charge < -0.3 is 20.1 Å². The molecular weight excluding hydrogens is 440 g/mol. The summed E-state index contributed by atoms with van der Waals surface area (Å²) in [4.78, 5) is 27.0. The molecule has 6 nitrogen and oxygen atoms in total. The Morgan fingerprint density at radius 3 is 2.63 bits per heavy atom. The number of aromatic amines is 1. The number of allylic oxidation sites excluding steroid dienone is 1. The minimum Gasteiger partial charge on any atom is -0.491 e. The zero-order valence-corrected chi connectivity index (χ0v) is 21.1. The minimum atomic E-state index is -0.856. The molecule has 1 heterocycles. The molecule has 1 aromatic heterocycles. The maximum Gasteiger partial charge on any atom is 0.303 e. The summed E-state index contributed by atoms with van der Waals surface area (Å²) in [7, 11) is 0. The number of H-pyrrole nitrogens is 1. The summed E-state index contributed by atoms with van der Waals surface area (Å²) in [6.07, 6.45) is 4.33. The zero-order valence-electron chi connectivity index (χ0n) is 21.1. The molecule has 0 aliphatic carbocycles. The number of hydrogen-bond acceptors (Lipinski definition) is 3. The van der Waals surface area contributed by atoms with E-state index < -0.39 is 5.97 Å². The van der Waals surface area contributed by atoms with Crippen LogP contribution in [-0.4, -0.2) is 28.6 Å². The van der Waals surface area contributed by atoms with Gasteiger partial charge in [0.15, 0.2) is 0 Å². The van der Waals surface area contributed by atoms with E-state index in [0.717, 1.165) is 34.9 Å². The average molecular weight is 477 g/mol. The Kier molecular flexibility index (Phi) is 9.12. The molecule has 186 valence electrons. The normalized spacial score (nSPS) is 12.7. The fraction of sp³-hybridized carbons (Fsp3) is 0.379. The van der Waals surface area contributed by atoms with Crippen molar-refractivity contribution in [2.45, 2.75) is 59.3 Å². The third kappa shape index (κ3) is 7.22. The van der Waals surface area contributed by atoms with Crippen molar-refractivity contribution in [2.75, 3.05) is 11.9 Å². The van der Waals surface area contributed by atoms with Gasteiger partial charge in [0, 0.05) is 35.0 Å². The minimum absolute atomic E-state index is 0.0418. The molecule has 3 aromatic rings. The molecule has 3 N–H and O–H groups in total. The molecular formula is C29H36N2O4. The second kappa shape index (κ2) is 12.2. The standard InChI is InChI=1S/C29H36N2O4/c1-5-9-23(19(2)3)26-18-22-17-21(13-14-24(22)30-26)20(4)16-28(32)31-25-10-6-7-11-27(25)35-15-8-12-29(33)34/h6-7,10-11,13-14,16-19,23,30H,5,8-9,12,15H2,1-4H3,(H,31,32)(H,33,34)/b20-16+. The van der Waals surface area contributed by atoms with Gasteiger partial charge in [0.1, 0.15) is 5.75 Å². The number of fused-ring (bicyclic) bond motifs is 1. The van der Waals surface area contributed by atoms with Crippen LogP contribution in [0, 0.1) is 5.92 Å². The van der Waals surface area contributed by atoms with Gasteiger partial charge >= 0.3 is 5.97 Å². The molecule has 35 heavy (non-hydrogen) atoms. The van der Waals surface area contributed by atoms with E-state index in [4.69, 9.17) is 9.84 Å². The Morgan fingerprint density at radius 1 is 1.14 bits per heavy atom. The van der Waals surface area contributed by atoms with Gasteiger partial charge in [-0.2, -0.15) is 0 Å². The fourth-order valence-electron chi connectivity index (χ4n) is 4.31. The smallest absolute Gasteiger partial charge is 0.303 e. The lowest BCUT2D eigenvalue weighted by Gasteiger charge is -2.18. The van der Waals surface area contributed by atoms with Crippen LogP contribution in [0.15, 0.2) is 54.6 Å². The number of benzene rings is 2. The van der Waals surface area contributed by atoms with Crippen LogP contribution < -0.4 is 10.1 Å². The van der Waals surface area contributed by atoms with Gasteiger partial charge in [0.05, 0.1) is 12.3 Å². The lowest BCUT2D eigenvalue weighted by molar-refractivity contribution is -0.137. The molecule has 0 aliphatic rings. The first-order valence-electron chi connectivity index (χ1n) is 12.3. The van der Waals surface area contributed by atoms with Crippen molar-refractivity contribution in [3.05, 3.63) is 65.9 Å². The first-order chi connectivity index (χ1) is 16.8. The quantitative estimate of drug-likeness (QED) is 0.194. The Balaban J connectivity index is 1.72. The summed E-state index contributed by atoms with van der Waals surface area (Å²) in [5.41, 5.74) is 4.79. The maximum absolute atomic E-state index is 12.7. The number of carbonyl (C=O) groups is 2. The Hall–Kier alpha value is -3.54. The molecule has 0 aliphatic heterocycles. The highest BCUT2D eigenvalue weighted by atomic mass is 16.5. The molecule has 0 bridgehead atoms. The molecule has 1 amide bonds. The highest BCUT2D eigenvalue weighted by Gasteiger charge is 2.17. The van der Waals surface area contributed by atoms with E-state index in [1.165, 1.54) is 5.69 Å². The van der Waals surface area contributed by atoms with Crippen molar-refractivity contribution in [2.24, 2.45) is 5.92 Å². The molecule has 0 fully saturated rings. The van der Waals surface area contributed by atoms with Crippen molar-refractivity contribution in [3.63, 3.8) is 0 Å². The lowest BCUT2D eigenvalue weighted by atomic mass is 9.88. The molecule has 0 saturated heterocycles. The number of amides is 1. The van der Waals surface area contributed by atoms with Crippen LogP contribution in [0.5, 0.6) is 5.75 Å². The first kappa shape index (κ1) is 26.1. The van der Waals surface area contributed by atoms with E-state index in [1.54, 1.807) is 18.2 Å². The lowest BCUT2D eigenvalue weighted by Crippen LogP contribution is -2.10. The second-order valence-corrected chi connectivity index (χ2v) is 9.32. The average Bonchev–Trinajstić information content (AvgIpc) is 3.23. The molecule has 0 spiro atoms. The zero-order chi connectivity index (χ0) is 25.4. The van der Waals surface area contributed by atoms with Crippen LogP contribution in [-0.2, 0) is 9.59 Å². The van der Waals surface area contributed by atoms with Crippen LogP contribution in [0.1, 0.15) is 70.6 Å². The topological polar surface area (TPSA) is 91.4 Å². The highest BCUT2D eigenvalue weighted by molar-refractivity contribution is 6.04. The number of carbonyl (C=O) groups excluding carboxylic acids is 1. The van der Waals surface area contributed by atoms with Gasteiger partial charge in [0.2, 0.25) is 5.91 Å². The van der Waals surface area contributed by atoms with Gasteiger partial charge in [-0.3, -0.25) is 9.59 Å². The first-order valence-corrected chi connectivity index (χ1v) is 12.3. The molecule has 3 rings (SSSR count). The number of carboxylic acids is 1. The monoisotopic (exact) mass is 476 g/mol. The predicted molar refractivity (Wildman–Crippen MR) is 142 cm³/mol. The SMILES string of the molecule is CCCC(c1cc2cc(/C(C)=C/C(=O)Nc3ccccc3OCCCC(=O)O)ccc2[nH]1)C(C)C. The van der Waals surface area contributed by atoms with E-state index in [1.807, 2.05) is 25.1 Å². The fourth-order valence-corrected chi connectivity index (χ4v) is 4.31. The van der Waals surface area contributed by atoms with Crippen LogP contribution in [0.3, 0.4) is 0 Å². The van der Waals surface area contributed by atoms with E-state index in [-0.39, 0.29) is 18.9 Å². The van der Waals surface area contributed by atoms with Gasteiger partial charge in [-0.1, -0.05) is 45.4 Å². The van der Waals surface area contributed by atoms with E-state index >= 15 is 0 Å². The van der Waals surface area contributed by atoms with E-state index in [0.29, 0.717) is 29.7 Å². The predicted octanol–water partition coefficient (Wildman–Crippen LogP) is 6.99. The number of aliphatic carboxylic acids is 1. The van der Waals surface area contributed by atoms with E-state index in [9.17, 15) is 9.59 Å². The van der Waals surface area contributed by atoms with E-state index in [2.05, 4.69) is 49.3 Å². The van der Waals surface area contributed by atoms with Gasteiger partial charge in [0.25, 0.3) is 0 Å². The number of anilines is 1. The van der Waals surface area contributed by atoms with Crippen molar-refractivity contribution in [1.29, 1.82) is 0 Å². The number of nitrogens with one attached hydrogen (secondary N) is 2. The Labute approximate surface area is 207 Å². The van der Waals surface area contributed by atoms with Crippen LogP contribution >= 0.6 is 0 Å². The number of rotatable bonds is 12. The molecule has 0 saturated carbocycles. The van der Waals surface area contributed by atoms with Crippen molar-refractivity contribution < 1.29 is 19.4 Å². The van der Waals surface area contributed by atoms with Gasteiger partial charge in [-0.25, -0.2) is 0 Å². The maximum atomic E-state index is 12.7. The van der Waals surface area contributed by atoms with Crippen LogP contribution in [0.25, 0.3) is 16.5 Å². The number of aromatic nitrogens is 1. The Bertz CT molecular complexity index is 1190. The number of ether oxygens (including phenoxy) is 1. The van der Waals surface area contributed by atoms with Crippen molar-refractivity contribution in [3.8, 4) is 5.75 Å². The van der Waals surface area contributed by atoms with Crippen molar-refractivity contribution >= 4 is 34.0 Å². The molecule has 2 aromatic carbocycles. The largest absolute Gasteiger partial charge is 0.491 e. The van der Waals surface area contributed by atoms with Gasteiger partial charge in [-0.15, -0.1) is 0 Å². The molecule has 1 atom stereocenters. The van der Waals surface area contributed by atoms with Crippen molar-refractivity contribution in [1.82, 2.24) is 4.98 Å². The second-order valence-electron chi connectivity index (χ2n) is 9.32. The summed E-state index contributed by atoms with van der Waals surface area (Å²) in [6.45, 7) is 8.95. The van der Waals surface area contributed by atoms with Crippen LogP contribution in [0.2, 0.25) is 0 Å². The Morgan fingerprint density at radius 2 is 1.91 bits per heavy atom. The summed E-state index contributed by atoms with van der Waals surface area (Å²) in [5, 5.41) is 12.8. The third-order valence-electron chi connectivity index (χ3n) is 6.19. The summed E-state index contributed by atoms with van der Waals surface area (Å²) < 4.78 is 5.68. The summed E-state index contributed by atoms with van der Waals surface area (Å²) >= 11 is 0. The van der Waals surface area contributed by atoms with Crippen LogP contribution in [0.4, 0.5) is 5.69 Å². The third-order valence-corrected chi connectivity index (χ3v) is 6.19. The number of para-hydroxylation sites is 2. The van der Waals surface area contributed by atoms with Gasteiger partial charge in [-0.05, 0) is 67.2 Å². The molecule has 1 unspecified atom stereocenters. The number of carboxylic acid groups (broad SMARTS) is 1. The molecule has 0 radical (unpaired) electrons. The summed E-state index contributed by atoms with van der Waals surface area (Å²) in [6, 6.07) is 15.6.